The van der Waals surface area contributed by atoms with Crippen molar-refractivity contribution in [3.63, 3.8) is 0 Å². The molecule has 5 nitrogen and oxygen atoms in total. The van der Waals surface area contributed by atoms with E-state index in [-0.39, 0.29) is 6.04 Å². The summed E-state index contributed by atoms with van der Waals surface area (Å²) in [4.78, 5) is 0. The first kappa shape index (κ1) is 14.5. The first-order valence-corrected chi connectivity index (χ1v) is 7.65. The molecular formula is C15H21ClN4O. The monoisotopic (exact) mass is 308 g/mol. The lowest BCUT2D eigenvalue weighted by molar-refractivity contribution is 0.145. The third-order valence-electron chi connectivity index (χ3n) is 3.87. The molecule has 1 aromatic rings. The number of nitrogens with zero attached hydrogens (tertiary/aromatic N) is 1. The van der Waals surface area contributed by atoms with Gasteiger partial charge in [-0.25, -0.2) is 5.43 Å². The average molecular weight is 309 g/mol. The minimum atomic E-state index is 0.257. The van der Waals surface area contributed by atoms with E-state index >= 15 is 0 Å². The molecule has 0 amide bonds. The van der Waals surface area contributed by atoms with Crippen LogP contribution in [0.15, 0.2) is 35.7 Å². The molecule has 0 bridgehead atoms. The standard InChI is InChI=1S/C15H21ClN4O/c1-21-9-8-20-15-13(6-7-17-14(15)10-18-20)19-12-5-3-2-4-11(12)16/h2-5,13,17-19H,6-10H2,1H3. The number of rotatable bonds is 5. The van der Waals surface area contributed by atoms with E-state index in [9.17, 15) is 0 Å². The van der Waals surface area contributed by atoms with Crippen LogP contribution >= 0.6 is 11.6 Å². The molecule has 1 atom stereocenters. The van der Waals surface area contributed by atoms with Crippen molar-refractivity contribution in [2.75, 3.05) is 38.7 Å². The molecular weight excluding hydrogens is 288 g/mol. The van der Waals surface area contributed by atoms with Crippen LogP contribution in [0.25, 0.3) is 0 Å². The number of para-hydroxylation sites is 1. The fourth-order valence-corrected chi connectivity index (χ4v) is 3.05. The quantitative estimate of drug-likeness (QED) is 0.774. The third kappa shape index (κ3) is 3.10. The smallest absolute Gasteiger partial charge is 0.0721 e. The highest BCUT2D eigenvalue weighted by Crippen LogP contribution is 2.28. The lowest BCUT2D eigenvalue weighted by Gasteiger charge is -2.32. The summed E-state index contributed by atoms with van der Waals surface area (Å²) in [6, 6.07) is 8.14. The molecule has 2 heterocycles. The number of hydrazine groups is 1. The van der Waals surface area contributed by atoms with Crippen molar-refractivity contribution in [1.29, 1.82) is 0 Å². The Hall–Kier alpha value is -1.43. The van der Waals surface area contributed by atoms with Crippen LogP contribution in [0.4, 0.5) is 5.69 Å². The second-order valence-electron chi connectivity index (χ2n) is 5.24. The number of halogens is 1. The zero-order chi connectivity index (χ0) is 14.7. The molecule has 2 aliphatic rings. The predicted molar refractivity (Wildman–Crippen MR) is 85.1 cm³/mol. The van der Waals surface area contributed by atoms with Crippen LogP contribution in [0.1, 0.15) is 6.42 Å². The average Bonchev–Trinajstić information content (AvgIpc) is 2.92. The number of methoxy groups -OCH3 is 1. The Morgan fingerprint density at radius 3 is 3.10 bits per heavy atom. The number of anilines is 1. The molecule has 0 radical (unpaired) electrons. The second kappa shape index (κ2) is 6.56. The number of ether oxygens (including phenoxy) is 1. The highest BCUT2D eigenvalue weighted by molar-refractivity contribution is 6.33. The zero-order valence-corrected chi connectivity index (χ0v) is 12.9. The van der Waals surface area contributed by atoms with E-state index in [4.69, 9.17) is 16.3 Å². The van der Waals surface area contributed by atoms with Gasteiger partial charge >= 0.3 is 0 Å². The lowest BCUT2D eigenvalue weighted by Crippen LogP contribution is -2.42. The Kier molecular flexibility index (Phi) is 4.53. The van der Waals surface area contributed by atoms with Gasteiger partial charge in [-0.2, -0.15) is 0 Å². The van der Waals surface area contributed by atoms with Crippen LogP contribution in [0.5, 0.6) is 0 Å². The molecule has 21 heavy (non-hydrogen) atoms. The third-order valence-corrected chi connectivity index (χ3v) is 4.20. The largest absolute Gasteiger partial charge is 0.386 e. The van der Waals surface area contributed by atoms with Crippen molar-refractivity contribution < 1.29 is 4.74 Å². The Morgan fingerprint density at radius 2 is 2.29 bits per heavy atom. The molecule has 0 saturated heterocycles. The Morgan fingerprint density at radius 1 is 1.43 bits per heavy atom. The van der Waals surface area contributed by atoms with E-state index in [1.54, 1.807) is 7.11 Å². The Bertz CT molecular complexity index is 534. The first-order chi connectivity index (χ1) is 10.3. The summed E-state index contributed by atoms with van der Waals surface area (Å²) in [5.41, 5.74) is 6.93. The van der Waals surface area contributed by atoms with Crippen molar-refractivity contribution in [3.05, 3.63) is 40.7 Å². The molecule has 0 spiro atoms. The summed E-state index contributed by atoms with van der Waals surface area (Å²) in [5, 5.41) is 9.99. The molecule has 114 valence electrons. The maximum absolute atomic E-state index is 6.26. The summed E-state index contributed by atoms with van der Waals surface area (Å²) in [6.45, 7) is 3.35. The van der Waals surface area contributed by atoms with Crippen molar-refractivity contribution in [3.8, 4) is 0 Å². The fraction of sp³-hybridized carbons (Fsp3) is 0.467. The summed E-state index contributed by atoms with van der Waals surface area (Å²) in [6.07, 6.45) is 1.02. The van der Waals surface area contributed by atoms with Crippen LogP contribution in [0.2, 0.25) is 5.02 Å². The molecule has 0 fully saturated rings. The van der Waals surface area contributed by atoms with Crippen LogP contribution < -0.4 is 16.1 Å². The van der Waals surface area contributed by atoms with Crippen molar-refractivity contribution in [2.24, 2.45) is 0 Å². The van der Waals surface area contributed by atoms with Gasteiger partial charge in [0, 0.05) is 19.4 Å². The maximum atomic E-state index is 6.26. The van der Waals surface area contributed by atoms with Gasteiger partial charge in [-0.1, -0.05) is 23.7 Å². The van der Waals surface area contributed by atoms with E-state index in [0.717, 1.165) is 36.8 Å². The molecule has 2 aliphatic heterocycles. The van der Waals surface area contributed by atoms with Gasteiger partial charge in [0.05, 0.1) is 42.1 Å². The highest BCUT2D eigenvalue weighted by atomic mass is 35.5. The van der Waals surface area contributed by atoms with Gasteiger partial charge in [-0.15, -0.1) is 0 Å². The molecule has 6 heteroatoms. The van der Waals surface area contributed by atoms with E-state index in [2.05, 4.69) is 21.1 Å². The SMILES string of the molecule is COCCN1NCC2=C1C(Nc1ccccc1Cl)CCN2. The summed E-state index contributed by atoms with van der Waals surface area (Å²) in [5.74, 6) is 0. The van der Waals surface area contributed by atoms with Crippen molar-refractivity contribution >= 4 is 17.3 Å². The van der Waals surface area contributed by atoms with E-state index in [0.29, 0.717) is 6.61 Å². The molecule has 1 unspecified atom stereocenters. The summed E-state index contributed by atoms with van der Waals surface area (Å²) < 4.78 is 5.19. The van der Waals surface area contributed by atoms with E-state index < -0.39 is 0 Å². The maximum Gasteiger partial charge on any atom is 0.0721 e. The van der Waals surface area contributed by atoms with Gasteiger partial charge in [0.15, 0.2) is 0 Å². The minimum Gasteiger partial charge on any atom is -0.386 e. The highest BCUT2D eigenvalue weighted by Gasteiger charge is 2.31. The van der Waals surface area contributed by atoms with Gasteiger partial charge in [0.25, 0.3) is 0 Å². The molecule has 3 N–H and O–H groups in total. The molecule has 0 saturated carbocycles. The lowest BCUT2D eigenvalue weighted by atomic mass is 10.0. The molecule has 1 aromatic carbocycles. The Balaban J connectivity index is 1.78. The summed E-state index contributed by atoms with van der Waals surface area (Å²) in [7, 11) is 1.73. The topological polar surface area (TPSA) is 48.6 Å². The van der Waals surface area contributed by atoms with Crippen LogP contribution in [0, 0.1) is 0 Å². The zero-order valence-electron chi connectivity index (χ0n) is 12.2. The van der Waals surface area contributed by atoms with E-state index in [1.807, 2.05) is 24.3 Å². The first-order valence-electron chi connectivity index (χ1n) is 7.27. The number of benzene rings is 1. The van der Waals surface area contributed by atoms with Gasteiger partial charge in [-0.3, -0.25) is 0 Å². The van der Waals surface area contributed by atoms with Crippen LogP contribution in [-0.2, 0) is 4.74 Å². The second-order valence-corrected chi connectivity index (χ2v) is 5.64. The van der Waals surface area contributed by atoms with Gasteiger partial charge < -0.3 is 20.4 Å². The molecule has 0 aromatic heterocycles. The van der Waals surface area contributed by atoms with Crippen molar-refractivity contribution in [2.45, 2.75) is 12.5 Å². The predicted octanol–water partition coefficient (Wildman–Crippen LogP) is 1.79. The fourth-order valence-electron chi connectivity index (χ4n) is 2.86. The van der Waals surface area contributed by atoms with Gasteiger partial charge in [-0.05, 0) is 18.6 Å². The van der Waals surface area contributed by atoms with Gasteiger partial charge in [0.2, 0.25) is 0 Å². The Labute approximate surface area is 130 Å². The van der Waals surface area contributed by atoms with Crippen molar-refractivity contribution in [1.82, 2.24) is 15.8 Å². The van der Waals surface area contributed by atoms with Crippen LogP contribution in [-0.4, -0.2) is 44.4 Å². The molecule has 0 aliphatic carbocycles. The number of hydrogen-bond donors (Lipinski definition) is 3. The summed E-state index contributed by atoms with van der Waals surface area (Å²) >= 11 is 6.26. The van der Waals surface area contributed by atoms with Crippen LogP contribution in [0.3, 0.4) is 0 Å². The van der Waals surface area contributed by atoms with Gasteiger partial charge in [0.1, 0.15) is 0 Å². The number of nitrogens with one attached hydrogen (secondary N) is 3. The molecule has 3 rings (SSSR count). The number of hydrogen-bond acceptors (Lipinski definition) is 5. The normalized spacial score (nSPS) is 21.2. The minimum absolute atomic E-state index is 0.257. The van der Waals surface area contributed by atoms with E-state index in [1.165, 1.54) is 11.4 Å².